The number of esters is 1. The number of rotatable bonds is 5. The lowest BCUT2D eigenvalue weighted by atomic mass is 10.1. The number of nitrogens with one attached hydrogen (secondary N) is 1. The van der Waals surface area contributed by atoms with Crippen LogP contribution in [0.25, 0.3) is 0 Å². The van der Waals surface area contributed by atoms with Crippen molar-refractivity contribution < 1.29 is 9.53 Å². The summed E-state index contributed by atoms with van der Waals surface area (Å²) in [6, 6.07) is -0.0305. The molecule has 4 nitrogen and oxygen atoms in total. The maximum Gasteiger partial charge on any atom is 0.323 e. The van der Waals surface area contributed by atoms with Crippen molar-refractivity contribution in [1.29, 1.82) is 0 Å². The molecule has 15 heavy (non-hydrogen) atoms. The first-order valence-electron chi connectivity index (χ1n) is 5.91. The van der Waals surface area contributed by atoms with E-state index >= 15 is 0 Å². The molecule has 4 heteroatoms. The summed E-state index contributed by atoms with van der Waals surface area (Å²) < 4.78 is 5.11. The Bertz CT molecular complexity index is 191. The highest BCUT2D eigenvalue weighted by Crippen LogP contribution is 2.10. The first kappa shape index (κ1) is 12.5. The Kier molecular flexibility index (Phi) is 5.65. The molecule has 0 aromatic heterocycles. The predicted octanol–water partition coefficient (Wildman–Crippen LogP) is 0.623. The Morgan fingerprint density at radius 2 is 2.07 bits per heavy atom. The normalized spacial score (nSPS) is 19.9. The van der Waals surface area contributed by atoms with Crippen LogP contribution in [0.1, 0.15) is 26.7 Å². The van der Waals surface area contributed by atoms with Crippen LogP contribution in [-0.4, -0.2) is 49.7 Å². The van der Waals surface area contributed by atoms with Gasteiger partial charge in [-0.1, -0.05) is 13.3 Å². The van der Waals surface area contributed by atoms with Crippen LogP contribution in [0.2, 0.25) is 0 Å². The summed E-state index contributed by atoms with van der Waals surface area (Å²) in [5, 5.41) is 3.29. The molecule has 1 aliphatic heterocycles. The fourth-order valence-corrected chi connectivity index (χ4v) is 1.96. The Labute approximate surface area is 92.0 Å². The molecule has 1 unspecified atom stereocenters. The first-order valence-corrected chi connectivity index (χ1v) is 5.91. The van der Waals surface area contributed by atoms with E-state index in [2.05, 4.69) is 17.1 Å². The lowest BCUT2D eigenvalue weighted by molar-refractivity contribution is -0.150. The summed E-state index contributed by atoms with van der Waals surface area (Å²) in [4.78, 5) is 14.0. The Morgan fingerprint density at radius 1 is 1.40 bits per heavy atom. The van der Waals surface area contributed by atoms with Crippen molar-refractivity contribution in [2.45, 2.75) is 32.7 Å². The van der Waals surface area contributed by atoms with E-state index in [1.54, 1.807) is 0 Å². The molecule has 0 saturated carbocycles. The SMILES string of the molecule is CCCC(C(=O)OCC)N1CCNCC1. The van der Waals surface area contributed by atoms with Crippen molar-refractivity contribution >= 4 is 5.97 Å². The standard InChI is InChI=1S/C11H22N2O2/c1-3-5-10(11(14)15-4-2)13-8-6-12-7-9-13/h10,12H,3-9H2,1-2H3. The van der Waals surface area contributed by atoms with Crippen LogP contribution >= 0.6 is 0 Å². The number of ether oxygens (including phenoxy) is 1. The van der Waals surface area contributed by atoms with Gasteiger partial charge in [-0.05, 0) is 13.3 Å². The second kappa shape index (κ2) is 6.80. The van der Waals surface area contributed by atoms with E-state index < -0.39 is 0 Å². The predicted molar refractivity (Wildman–Crippen MR) is 59.8 cm³/mol. The molecule has 0 bridgehead atoms. The van der Waals surface area contributed by atoms with Crippen LogP contribution in [-0.2, 0) is 9.53 Å². The Morgan fingerprint density at radius 3 is 2.60 bits per heavy atom. The number of carbonyl (C=O) groups excluding carboxylic acids is 1. The van der Waals surface area contributed by atoms with Gasteiger partial charge in [0.2, 0.25) is 0 Å². The number of hydrogen-bond donors (Lipinski definition) is 1. The zero-order valence-electron chi connectivity index (χ0n) is 9.79. The van der Waals surface area contributed by atoms with E-state index in [1.807, 2.05) is 6.92 Å². The highest BCUT2D eigenvalue weighted by Gasteiger charge is 2.26. The van der Waals surface area contributed by atoms with E-state index in [1.165, 1.54) is 0 Å². The number of hydrogen-bond acceptors (Lipinski definition) is 4. The Hall–Kier alpha value is -0.610. The molecule has 1 saturated heterocycles. The summed E-state index contributed by atoms with van der Waals surface area (Å²) in [6.45, 7) is 8.28. The molecule has 1 N–H and O–H groups in total. The first-order chi connectivity index (χ1) is 7.29. The van der Waals surface area contributed by atoms with E-state index in [0.717, 1.165) is 39.0 Å². The van der Waals surface area contributed by atoms with Crippen LogP contribution in [0.5, 0.6) is 0 Å². The monoisotopic (exact) mass is 214 g/mol. The third kappa shape index (κ3) is 3.80. The van der Waals surface area contributed by atoms with Crippen LogP contribution < -0.4 is 5.32 Å². The van der Waals surface area contributed by atoms with E-state index in [0.29, 0.717) is 6.61 Å². The lowest BCUT2D eigenvalue weighted by Crippen LogP contribution is -2.51. The molecule has 1 rings (SSSR count). The van der Waals surface area contributed by atoms with Gasteiger partial charge in [0.1, 0.15) is 6.04 Å². The number of nitrogens with zero attached hydrogens (tertiary/aromatic N) is 1. The highest BCUT2D eigenvalue weighted by atomic mass is 16.5. The average Bonchev–Trinajstić information content (AvgIpc) is 2.27. The van der Waals surface area contributed by atoms with Crippen LogP contribution in [0.4, 0.5) is 0 Å². The van der Waals surface area contributed by atoms with Crippen LogP contribution in [0.15, 0.2) is 0 Å². The topological polar surface area (TPSA) is 41.6 Å². The van der Waals surface area contributed by atoms with Crippen LogP contribution in [0.3, 0.4) is 0 Å². The minimum absolute atomic E-state index is 0.0305. The maximum absolute atomic E-state index is 11.7. The summed E-state index contributed by atoms with van der Waals surface area (Å²) in [5.74, 6) is -0.0544. The average molecular weight is 214 g/mol. The van der Waals surface area contributed by atoms with Crippen LogP contribution in [0, 0.1) is 0 Å². The molecule has 1 atom stereocenters. The minimum Gasteiger partial charge on any atom is -0.465 e. The largest absolute Gasteiger partial charge is 0.465 e. The molecule has 0 aliphatic carbocycles. The second-order valence-electron chi connectivity index (χ2n) is 3.84. The molecule has 1 heterocycles. The zero-order valence-corrected chi connectivity index (χ0v) is 9.79. The lowest BCUT2D eigenvalue weighted by Gasteiger charge is -2.33. The summed E-state index contributed by atoms with van der Waals surface area (Å²) >= 11 is 0. The van der Waals surface area contributed by atoms with Gasteiger partial charge < -0.3 is 10.1 Å². The quantitative estimate of drug-likeness (QED) is 0.681. The van der Waals surface area contributed by atoms with E-state index in [9.17, 15) is 4.79 Å². The summed E-state index contributed by atoms with van der Waals surface area (Å²) in [6.07, 6.45) is 1.92. The third-order valence-electron chi connectivity index (χ3n) is 2.71. The zero-order chi connectivity index (χ0) is 11.1. The molecular weight excluding hydrogens is 192 g/mol. The minimum atomic E-state index is -0.0544. The fourth-order valence-electron chi connectivity index (χ4n) is 1.96. The third-order valence-corrected chi connectivity index (χ3v) is 2.71. The van der Waals surface area contributed by atoms with Gasteiger partial charge in [0.15, 0.2) is 0 Å². The molecule has 88 valence electrons. The van der Waals surface area contributed by atoms with Crippen molar-refractivity contribution in [3.63, 3.8) is 0 Å². The maximum atomic E-state index is 11.7. The molecule has 1 aliphatic rings. The van der Waals surface area contributed by atoms with Gasteiger partial charge in [0.05, 0.1) is 6.61 Å². The van der Waals surface area contributed by atoms with Crippen molar-refractivity contribution in [2.24, 2.45) is 0 Å². The summed E-state index contributed by atoms with van der Waals surface area (Å²) in [5.41, 5.74) is 0. The van der Waals surface area contributed by atoms with Gasteiger partial charge in [0.25, 0.3) is 0 Å². The van der Waals surface area contributed by atoms with Crippen molar-refractivity contribution in [3.8, 4) is 0 Å². The molecule has 0 aromatic rings. The number of piperazine rings is 1. The van der Waals surface area contributed by atoms with Gasteiger partial charge in [-0.25, -0.2) is 0 Å². The highest BCUT2D eigenvalue weighted by molar-refractivity contribution is 5.75. The van der Waals surface area contributed by atoms with Crippen molar-refractivity contribution in [3.05, 3.63) is 0 Å². The summed E-state index contributed by atoms with van der Waals surface area (Å²) in [7, 11) is 0. The van der Waals surface area contributed by atoms with E-state index in [4.69, 9.17) is 4.74 Å². The molecule has 0 aromatic carbocycles. The van der Waals surface area contributed by atoms with Gasteiger partial charge in [0, 0.05) is 26.2 Å². The van der Waals surface area contributed by atoms with Gasteiger partial charge in [-0.2, -0.15) is 0 Å². The second-order valence-corrected chi connectivity index (χ2v) is 3.84. The molecule has 0 amide bonds. The molecule has 0 spiro atoms. The van der Waals surface area contributed by atoms with Crippen molar-refractivity contribution in [2.75, 3.05) is 32.8 Å². The number of carbonyl (C=O) groups is 1. The van der Waals surface area contributed by atoms with Crippen molar-refractivity contribution in [1.82, 2.24) is 10.2 Å². The smallest absolute Gasteiger partial charge is 0.323 e. The molecule has 0 radical (unpaired) electrons. The van der Waals surface area contributed by atoms with Gasteiger partial charge >= 0.3 is 5.97 Å². The molecular formula is C11H22N2O2. The fraction of sp³-hybridized carbons (Fsp3) is 0.909. The molecule has 1 fully saturated rings. The van der Waals surface area contributed by atoms with E-state index in [-0.39, 0.29) is 12.0 Å². The van der Waals surface area contributed by atoms with Gasteiger partial charge in [-0.15, -0.1) is 0 Å². The Balaban J connectivity index is 2.50. The van der Waals surface area contributed by atoms with Gasteiger partial charge in [-0.3, -0.25) is 9.69 Å².